The second-order valence-corrected chi connectivity index (χ2v) is 4.69. The van der Waals surface area contributed by atoms with E-state index in [-0.39, 0.29) is 5.69 Å². The van der Waals surface area contributed by atoms with Crippen molar-refractivity contribution >= 4 is 35.5 Å². The zero-order valence-corrected chi connectivity index (χ0v) is 10.1. The third kappa shape index (κ3) is 2.89. The van der Waals surface area contributed by atoms with Gasteiger partial charge in [0, 0.05) is 17.0 Å². The van der Waals surface area contributed by atoms with Crippen LogP contribution in [0.15, 0.2) is 36.4 Å². The van der Waals surface area contributed by atoms with Crippen LogP contribution in [-0.2, 0) is 0 Å². The van der Waals surface area contributed by atoms with Gasteiger partial charge >= 0.3 is 0 Å². The first-order valence-corrected chi connectivity index (χ1v) is 5.98. The van der Waals surface area contributed by atoms with Gasteiger partial charge in [0.1, 0.15) is 0 Å². The summed E-state index contributed by atoms with van der Waals surface area (Å²) in [6, 6.07) is 9.91. The van der Waals surface area contributed by atoms with Crippen molar-refractivity contribution in [3.8, 4) is 0 Å². The van der Waals surface area contributed by atoms with E-state index < -0.39 is 4.92 Å². The highest BCUT2D eigenvalue weighted by atomic mass is 32.1. The summed E-state index contributed by atoms with van der Waals surface area (Å²) in [5.74, 6) is 0. The van der Waals surface area contributed by atoms with Crippen LogP contribution in [0.2, 0.25) is 0 Å². The van der Waals surface area contributed by atoms with Crippen molar-refractivity contribution in [2.75, 3.05) is 0 Å². The molecule has 18 heavy (non-hydrogen) atoms. The van der Waals surface area contributed by atoms with Gasteiger partial charge < -0.3 is 0 Å². The molecule has 0 bridgehead atoms. The third-order valence-electron chi connectivity index (χ3n) is 2.31. The lowest BCUT2D eigenvalue weighted by Crippen LogP contribution is -1.86. The van der Waals surface area contributed by atoms with Crippen molar-refractivity contribution in [1.29, 1.82) is 0 Å². The number of nitrogens with zero attached hydrogens (tertiary/aromatic N) is 1. The smallest absolute Gasteiger partial charge is 0.269 e. The van der Waals surface area contributed by atoms with Gasteiger partial charge in [0.15, 0.2) is 6.29 Å². The molecule has 0 aliphatic heterocycles. The Hall–Kier alpha value is -2.27. The van der Waals surface area contributed by atoms with E-state index in [0.29, 0.717) is 4.88 Å². The summed E-state index contributed by atoms with van der Waals surface area (Å²) in [4.78, 5) is 22.2. The molecule has 0 unspecified atom stereocenters. The Morgan fingerprint density at radius 3 is 2.22 bits per heavy atom. The molecule has 1 aromatic heterocycles. The third-order valence-corrected chi connectivity index (χ3v) is 3.28. The number of non-ortho nitro benzene ring substituents is 1. The van der Waals surface area contributed by atoms with Gasteiger partial charge in [-0.15, -0.1) is 11.3 Å². The Morgan fingerprint density at radius 1 is 1.00 bits per heavy atom. The van der Waals surface area contributed by atoms with Crippen LogP contribution in [0.4, 0.5) is 5.69 Å². The van der Waals surface area contributed by atoms with Crippen molar-refractivity contribution in [2.24, 2.45) is 0 Å². The summed E-state index contributed by atoms with van der Waals surface area (Å²) >= 11 is 1.40. The first kappa shape index (κ1) is 12.2. The normalized spacial score (nSPS) is 10.7. The summed E-state index contributed by atoms with van der Waals surface area (Å²) in [6.07, 6.45) is 4.54. The van der Waals surface area contributed by atoms with Crippen LogP contribution >= 0.6 is 11.3 Å². The van der Waals surface area contributed by atoms with E-state index in [1.807, 2.05) is 18.2 Å². The highest BCUT2D eigenvalue weighted by molar-refractivity contribution is 7.14. The van der Waals surface area contributed by atoms with Gasteiger partial charge in [-0.25, -0.2) is 0 Å². The van der Waals surface area contributed by atoms with Crippen LogP contribution in [0.3, 0.4) is 0 Å². The average Bonchev–Trinajstić information content (AvgIpc) is 2.85. The predicted molar refractivity (Wildman–Crippen MR) is 71.7 cm³/mol. The van der Waals surface area contributed by atoms with E-state index in [0.717, 1.165) is 16.7 Å². The number of nitro benzene ring substituents is 1. The number of hydrogen-bond acceptors (Lipinski definition) is 4. The minimum absolute atomic E-state index is 0.0755. The number of rotatable bonds is 4. The maximum Gasteiger partial charge on any atom is 0.269 e. The van der Waals surface area contributed by atoms with Gasteiger partial charge in [0.05, 0.1) is 9.80 Å². The highest BCUT2D eigenvalue weighted by Gasteiger charge is 2.02. The molecule has 1 heterocycles. The summed E-state index contributed by atoms with van der Waals surface area (Å²) in [5, 5.41) is 10.5. The van der Waals surface area contributed by atoms with E-state index in [1.165, 1.54) is 23.5 Å². The number of carbonyl (C=O) groups is 1. The number of benzene rings is 1. The molecule has 90 valence electrons. The van der Waals surface area contributed by atoms with E-state index in [9.17, 15) is 14.9 Å². The predicted octanol–water partition coefficient (Wildman–Crippen LogP) is 3.64. The summed E-state index contributed by atoms with van der Waals surface area (Å²) in [6.45, 7) is 0. The molecule has 0 aliphatic rings. The molecule has 1 aromatic carbocycles. The highest BCUT2D eigenvalue weighted by Crippen LogP contribution is 2.18. The van der Waals surface area contributed by atoms with Gasteiger partial charge in [0.25, 0.3) is 5.69 Å². The van der Waals surface area contributed by atoms with Crippen molar-refractivity contribution in [3.05, 3.63) is 61.8 Å². The quantitative estimate of drug-likeness (QED) is 0.478. The van der Waals surface area contributed by atoms with E-state index in [1.54, 1.807) is 18.2 Å². The molecule has 0 fully saturated rings. The van der Waals surface area contributed by atoms with Gasteiger partial charge in [-0.3, -0.25) is 14.9 Å². The first-order valence-electron chi connectivity index (χ1n) is 5.16. The lowest BCUT2D eigenvalue weighted by atomic mass is 10.2. The molecule has 4 nitrogen and oxygen atoms in total. The van der Waals surface area contributed by atoms with Crippen LogP contribution in [-0.4, -0.2) is 11.2 Å². The van der Waals surface area contributed by atoms with Crippen LogP contribution in [0.5, 0.6) is 0 Å². The fourth-order valence-corrected chi connectivity index (χ4v) is 2.14. The molecular formula is C13H9NO3S. The average molecular weight is 259 g/mol. The van der Waals surface area contributed by atoms with E-state index in [4.69, 9.17) is 0 Å². The lowest BCUT2D eigenvalue weighted by Gasteiger charge is -1.93. The number of carbonyl (C=O) groups excluding carboxylic acids is 1. The molecule has 0 spiro atoms. The number of nitro groups is 1. The van der Waals surface area contributed by atoms with Crippen molar-refractivity contribution in [2.45, 2.75) is 0 Å². The molecule has 2 rings (SSSR count). The molecule has 0 aliphatic carbocycles. The minimum atomic E-state index is -0.427. The van der Waals surface area contributed by atoms with Crippen molar-refractivity contribution in [3.63, 3.8) is 0 Å². The van der Waals surface area contributed by atoms with Crippen LogP contribution in [0.1, 0.15) is 20.1 Å². The Morgan fingerprint density at radius 2 is 1.67 bits per heavy atom. The molecule has 0 amide bonds. The standard InChI is InChI=1S/C13H9NO3S/c15-9-13-8-7-12(18-13)6-3-10-1-4-11(5-2-10)14(16)17/h1-9H/b6-3+. The summed E-state index contributed by atoms with van der Waals surface area (Å²) < 4.78 is 0. The molecule has 2 aromatic rings. The molecule has 0 N–H and O–H groups in total. The minimum Gasteiger partial charge on any atom is -0.297 e. The number of thiophene rings is 1. The molecule has 0 saturated heterocycles. The Balaban J connectivity index is 2.13. The molecule has 5 heteroatoms. The Bertz CT molecular complexity index is 599. The maximum atomic E-state index is 10.5. The SMILES string of the molecule is O=Cc1ccc(/C=C/c2ccc([N+](=O)[O-])cc2)s1. The first-order chi connectivity index (χ1) is 8.69. The Kier molecular flexibility index (Phi) is 3.64. The van der Waals surface area contributed by atoms with E-state index in [2.05, 4.69) is 0 Å². The molecule has 0 atom stereocenters. The second-order valence-electron chi connectivity index (χ2n) is 3.54. The maximum absolute atomic E-state index is 10.5. The van der Waals surface area contributed by atoms with Gasteiger partial charge in [-0.1, -0.05) is 6.08 Å². The largest absolute Gasteiger partial charge is 0.297 e. The molecule has 0 radical (unpaired) electrons. The summed E-state index contributed by atoms with van der Waals surface area (Å²) in [5.41, 5.74) is 0.952. The monoisotopic (exact) mass is 259 g/mol. The number of hydrogen-bond donors (Lipinski definition) is 0. The fraction of sp³-hybridized carbons (Fsp3) is 0. The van der Waals surface area contributed by atoms with Gasteiger partial charge in [0.2, 0.25) is 0 Å². The van der Waals surface area contributed by atoms with Gasteiger partial charge in [-0.05, 0) is 35.9 Å². The van der Waals surface area contributed by atoms with Crippen LogP contribution in [0, 0.1) is 10.1 Å². The fourth-order valence-electron chi connectivity index (χ4n) is 1.41. The topological polar surface area (TPSA) is 60.2 Å². The lowest BCUT2D eigenvalue weighted by molar-refractivity contribution is -0.384. The van der Waals surface area contributed by atoms with Crippen molar-refractivity contribution in [1.82, 2.24) is 0 Å². The number of aldehydes is 1. The molecular weight excluding hydrogens is 250 g/mol. The zero-order valence-electron chi connectivity index (χ0n) is 9.28. The zero-order chi connectivity index (χ0) is 13.0. The van der Waals surface area contributed by atoms with Crippen molar-refractivity contribution < 1.29 is 9.72 Å². The second kappa shape index (κ2) is 5.37. The van der Waals surface area contributed by atoms with Gasteiger partial charge in [-0.2, -0.15) is 0 Å². The Labute approximate surface area is 107 Å². The van der Waals surface area contributed by atoms with Crippen LogP contribution < -0.4 is 0 Å². The summed E-state index contributed by atoms with van der Waals surface area (Å²) in [7, 11) is 0. The van der Waals surface area contributed by atoms with E-state index >= 15 is 0 Å². The molecule has 0 saturated carbocycles. The van der Waals surface area contributed by atoms with Crippen LogP contribution in [0.25, 0.3) is 12.2 Å².